The van der Waals surface area contributed by atoms with Crippen LogP contribution in [0.25, 0.3) is 0 Å². The van der Waals surface area contributed by atoms with Gasteiger partial charge in [0, 0.05) is 12.8 Å². The van der Waals surface area contributed by atoms with Crippen molar-refractivity contribution in [2.75, 3.05) is 6.54 Å². The van der Waals surface area contributed by atoms with Gasteiger partial charge in [0.15, 0.2) is 0 Å². The molecule has 0 radical (unpaired) electrons. The summed E-state index contributed by atoms with van der Waals surface area (Å²) in [4.78, 5) is 0. The van der Waals surface area contributed by atoms with Crippen molar-refractivity contribution in [1.29, 1.82) is 0 Å². The molecule has 0 unspecified atom stereocenters. The molecule has 0 atom stereocenters. The maximum absolute atomic E-state index is 5.11. The maximum atomic E-state index is 5.11. The van der Waals surface area contributed by atoms with E-state index in [1.807, 2.05) is 12.1 Å². The molecule has 0 saturated heterocycles. The molecule has 50 valence electrons. The normalized spacial score (nSPS) is 9.89. The molecular weight excluding hydrogens is 114 g/mol. The Kier molecular flexibility index (Phi) is 2.33. The van der Waals surface area contributed by atoms with E-state index in [4.69, 9.17) is 4.42 Å². The van der Waals surface area contributed by atoms with Gasteiger partial charge in [-0.15, -0.1) is 0 Å². The first kappa shape index (κ1) is 6.36. The molecule has 0 fully saturated rings. The Morgan fingerprint density at radius 3 is 3.00 bits per heavy atom. The Labute approximate surface area is 54.7 Å². The number of hydrogen-bond acceptors (Lipinski definition) is 1. The lowest BCUT2D eigenvalue weighted by atomic mass is 10.2. The zero-order valence-corrected chi connectivity index (χ0v) is 5.47. The van der Waals surface area contributed by atoms with E-state index in [0.29, 0.717) is 0 Å². The van der Waals surface area contributed by atoms with Crippen LogP contribution in [0.1, 0.15) is 12.2 Å². The predicted octanol–water partition coefficient (Wildman–Crippen LogP) is 0.454. The summed E-state index contributed by atoms with van der Waals surface area (Å²) in [6.45, 7) is 0.987. The summed E-state index contributed by atoms with van der Waals surface area (Å²) < 4.78 is 5.11. The Morgan fingerprint density at radius 1 is 1.56 bits per heavy atom. The summed E-state index contributed by atoms with van der Waals surface area (Å²) in [7, 11) is 0. The largest absolute Gasteiger partial charge is 0.469 e. The zero-order valence-electron chi connectivity index (χ0n) is 5.47. The molecule has 1 rings (SSSR count). The van der Waals surface area contributed by atoms with Gasteiger partial charge in [-0.2, -0.15) is 0 Å². The van der Waals surface area contributed by atoms with Crippen LogP contribution in [0.15, 0.2) is 22.8 Å². The summed E-state index contributed by atoms with van der Waals surface area (Å²) in [5.74, 6) is 1.07. The van der Waals surface area contributed by atoms with Crippen LogP contribution in [0.3, 0.4) is 0 Å². The molecule has 0 aromatic carbocycles. The number of furan rings is 1. The van der Waals surface area contributed by atoms with E-state index in [-0.39, 0.29) is 0 Å². The molecule has 3 N–H and O–H groups in total. The molecule has 2 nitrogen and oxygen atoms in total. The van der Waals surface area contributed by atoms with Gasteiger partial charge < -0.3 is 10.2 Å². The molecule has 1 aromatic rings. The highest BCUT2D eigenvalue weighted by molar-refractivity contribution is 4.97. The van der Waals surface area contributed by atoms with E-state index >= 15 is 0 Å². The Balaban J connectivity index is 2.30. The summed E-state index contributed by atoms with van der Waals surface area (Å²) in [5, 5.41) is 0. The molecule has 9 heavy (non-hydrogen) atoms. The summed E-state index contributed by atoms with van der Waals surface area (Å²) in [5.41, 5.74) is 3.74. The van der Waals surface area contributed by atoms with Crippen LogP contribution in [0.2, 0.25) is 0 Å². The van der Waals surface area contributed by atoms with Crippen LogP contribution in [-0.4, -0.2) is 6.54 Å². The smallest absolute Gasteiger partial charge is 0.103 e. The van der Waals surface area contributed by atoms with Crippen molar-refractivity contribution < 1.29 is 10.2 Å². The molecule has 0 spiro atoms. The van der Waals surface area contributed by atoms with Crippen LogP contribution >= 0.6 is 0 Å². The lowest BCUT2D eigenvalue weighted by Gasteiger charge is -1.88. The summed E-state index contributed by atoms with van der Waals surface area (Å²) in [6.07, 6.45) is 3.85. The van der Waals surface area contributed by atoms with E-state index in [9.17, 15) is 0 Å². The Bertz CT molecular complexity index is 146. The van der Waals surface area contributed by atoms with E-state index in [0.717, 1.165) is 25.1 Å². The Morgan fingerprint density at radius 2 is 2.44 bits per heavy atom. The first-order valence-electron chi connectivity index (χ1n) is 3.25. The molecule has 0 bridgehead atoms. The van der Waals surface area contributed by atoms with Gasteiger partial charge in [-0.05, 0) is 12.1 Å². The van der Waals surface area contributed by atoms with Crippen LogP contribution < -0.4 is 5.73 Å². The maximum Gasteiger partial charge on any atom is 0.103 e. The number of rotatable bonds is 3. The molecule has 1 aromatic heterocycles. The predicted molar refractivity (Wildman–Crippen MR) is 34.8 cm³/mol. The van der Waals surface area contributed by atoms with Crippen molar-refractivity contribution in [3.05, 3.63) is 24.2 Å². The summed E-state index contributed by atoms with van der Waals surface area (Å²) >= 11 is 0. The molecule has 2 heteroatoms. The average Bonchev–Trinajstić information content (AvgIpc) is 2.34. The van der Waals surface area contributed by atoms with Gasteiger partial charge in [-0.1, -0.05) is 0 Å². The lowest BCUT2D eigenvalue weighted by molar-refractivity contribution is -0.368. The van der Waals surface area contributed by atoms with Gasteiger partial charge in [0.25, 0.3) is 0 Å². The fourth-order valence-corrected chi connectivity index (χ4v) is 0.754. The third kappa shape index (κ3) is 1.90. The molecule has 0 aliphatic rings. The SMILES string of the molecule is [NH3+]CCCc1ccco1. The van der Waals surface area contributed by atoms with Gasteiger partial charge in [-0.25, -0.2) is 0 Å². The van der Waals surface area contributed by atoms with Crippen molar-refractivity contribution in [3.63, 3.8) is 0 Å². The second-order valence-electron chi connectivity index (χ2n) is 2.04. The van der Waals surface area contributed by atoms with Gasteiger partial charge in [-0.3, -0.25) is 0 Å². The van der Waals surface area contributed by atoms with Crippen molar-refractivity contribution in [2.24, 2.45) is 0 Å². The first-order valence-corrected chi connectivity index (χ1v) is 3.25. The number of aryl methyl sites for hydroxylation is 1. The van der Waals surface area contributed by atoms with Crippen molar-refractivity contribution in [1.82, 2.24) is 0 Å². The Hall–Kier alpha value is -0.760. The van der Waals surface area contributed by atoms with Crippen LogP contribution in [-0.2, 0) is 6.42 Å². The topological polar surface area (TPSA) is 40.8 Å². The molecule has 1 heterocycles. The van der Waals surface area contributed by atoms with E-state index in [2.05, 4.69) is 5.73 Å². The second-order valence-corrected chi connectivity index (χ2v) is 2.04. The minimum absolute atomic E-state index is 0.987. The highest BCUT2D eigenvalue weighted by Crippen LogP contribution is 2.01. The van der Waals surface area contributed by atoms with Crippen LogP contribution in [0.4, 0.5) is 0 Å². The molecular formula is C7H12NO+. The third-order valence-corrected chi connectivity index (χ3v) is 1.25. The van der Waals surface area contributed by atoms with Crippen molar-refractivity contribution in [3.8, 4) is 0 Å². The average molecular weight is 126 g/mol. The fourth-order valence-electron chi connectivity index (χ4n) is 0.754. The summed E-state index contributed by atoms with van der Waals surface area (Å²) in [6, 6.07) is 3.91. The van der Waals surface area contributed by atoms with Gasteiger partial charge >= 0.3 is 0 Å². The third-order valence-electron chi connectivity index (χ3n) is 1.25. The zero-order chi connectivity index (χ0) is 6.53. The van der Waals surface area contributed by atoms with E-state index in [1.54, 1.807) is 6.26 Å². The quantitative estimate of drug-likeness (QED) is 0.627. The number of hydrogen-bond donors (Lipinski definition) is 1. The minimum atomic E-state index is 0.987. The number of quaternary nitrogens is 1. The standard InChI is InChI=1S/C7H11NO/c8-5-1-3-7-4-2-6-9-7/h2,4,6H,1,3,5,8H2/p+1. The van der Waals surface area contributed by atoms with E-state index < -0.39 is 0 Å². The van der Waals surface area contributed by atoms with Crippen LogP contribution in [0, 0.1) is 0 Å². The van der Waals surface area contributed by atoms with E-state index in [1.165, 1.54) is 0 Å². The molecule has 0 aliphatic heterocycles. The van der Waals surface area contributed by atoms with Crippen molar-refractivity contribution >= 4 is 0 Å². The van der Waals surface area contributed by atoms with Crippen LogP contribution in [0.5, 0.6) is 0 Å². The minimum Gasteiger partial charge on any atom is -0.469 e. The molecule has 0 aliphatic carbocycles. The lowest BCUT2D eigenvalue weighted by Crippen LogP contribution is -2.50. The molecule has 0 saturated carbocycles. The highest BCUT2D eigenvalue weighted by atomic mass is 16.3. The fraction of sp³-hybridized carbons (Fsp3) is 0.429. The second kappa shape index (κ2) is 3.30. The first-order chi connectivity index (χ1) is 4.43. The van der Waals surface area contributed by atoms with Crippen molar-refractivity contribution in [2.45, 2.75) is 12.8 Å². The van der Waals surface area contributed by atoms with Gasteiger partial charge in [0.1, 0.15) is 5.76 Å². The monoisotopic (exact) mass is 126 g/mol. The van der Waals surface area contributed by atoms with Gasteiger partial charge in [0.2, 0.25) is 0 Å². The highest BCUT2D eigenvalue weighted by Gasteiger charge is 1.92. The van der Waals surface area contributed by atoms with Gasteiger partial charge in [0.05, 0.1) is 12.8 Å². The molecule has 0 amide bonds.